The lowest BCUT2D eigenvalue weighted by Gasteiger charge is -2.35. The molecule has 0 aromatic rings. The maximum absolute atomic E-state index is 12.6. The first-order valence-corrected chi connectivity index (χ1v) is 7.35. The number of rotatable bonds is 4. The molecule has 19 heavy (non-hydrogen) atoms. The van der Waals surface area contributed by atoms with Crippen molar-refractivity contribution in [2.75, 3.05) is 25.1 Å². The van der Waals surface area contributed by atoms with Gasteiger partial charge in [0.05, 0.1) is 12.0 Å². The summed E-state index contributed by atoms with van der Waals surface area (Å²) in [5, 5.41) is 0. The molecule has 0 aromatic heterocycles. The van der Waals surface area contributed by atoms with Crippen molar-refractivity contribution < 1.29 is 18.0 Å². The Bertz CT molecular complexity index is 292. The van der Waals surface area contributed by atoms with Gasteiger partial charge >= 0.3 is 6.18 Å². The van der Waals surface area contributed by atoms with Crippen molar-refractivity contribution in [3.05, 3.63) is 0 Å². The Morgan fingerprint density at radius 1 is 1.53 bits per heavy atom. The summed E-state index contributed by atoms with van der Waals surface area (Å²) in [4.78, 5) is 13.2. The number of halogens is 4. The minimum absolute atomic E-state index is 0. The van der Waals surface area contributed by atoms with Gasteiger partial charge < -0.3 is 10.6 Å². The number of nitrogens with zero attached hydrogens (tertiary/aromatic N) is 1. The molecule has 0 radical (unpaired) electrons. The van der Waals surface area contributed by atoms with Crippen molar-refractivity contribution in [2.45, 2.75) is 31.5 Å². The van der Waals surface area contributed by atoms with Gasteiger partial charge in [-0.15, -0.1) is 12.4 Å². The summed E-state index contributed by atoms with van der Waals surface area (Å²) in [6, 6.07) is -0.676. The molecule has 0 saturated carbocycles. The third kappa shape index (κ3) is 5.79. The fourth-order valence-corrected chi connectivity index (χ4v) is 2.54. The molecule has 0 aromatic carbocycles. The number of hydrogen-bond acceptors (Lipinski definition) is 3. The third-order valence-electron chi connectivity index (χ3n) is 3.15. The second-order valence-electron chi connectivity index (χ2n) is 4.55. The normalized spacial score (nSPS) is 21.7. The number of piperidine rings is 1. The zero-order valence-electron chi connectivity index (χ0n) is 10.8. The number of carbonyl (C=O) groups is 1. The summed E-state index contributed by atoms with van der Waals surface area (Å²) < 4.78 is 37.8. The van der Waals surface area contributed by atoms with E-state index < -0.39 is 18.1 Å². The van der Waals surface area contributed by atoms with E-state index in [2.05, 4.69) is 0 Å². The minimum atomic E-state index is -4.22. The lowest BCUT2D eigenvalue weighted by Crippen LogP contribution is -2.50. The highest BCUT2D eigenvalue weighted by atomic mass is 35.5. The van der Waals surface area contributed by atoms with Gasteiger partial charge in [-0.3, -0.25) is 4.79 Å². The molecule has 1 saturated heterocycles. The van der Waals surface area contributed by atoms with Crippen LogP contribution in [0.5, 0.6) is 0 Å². The summed E-state index contributed by atoms with van der Waals surface area (Å²) in [5.41, 5.74) is 5.70. The standard InChI is InChI=1S/C11H19F3N2OS.ClH/c1-18-6-4-9(15)10(17)16-5-2-3-8(7-16)11(12,13)14;/h8-9H,2-7,15H2,1H3;1H/t8?,9-;/m0./s1. The van der Waals surface area contributed by atoms with Crippen LogP contribution in [0.1, 0.15) is 19.3 Å². The lowest BCUT2D eigenvalue weighted by molar-refractivity contribution is -0.188. The van der Waals surface area contributed by atoms with Crippen LogP contribution >= 0.6 is 24.2 Å². The zero-order chi connectivity index (χ0) is 13.8. The predicted molar refractivity (Wildman–Crippen MR) is 73.6 cm³/mol. The van der Waals surface area contributed by atoms with Gasteiger partial charge in [-0.25, -0.2) is 0 Å². The van der Waals surface area contributed by atoms with E-state index in [9.17, 15) is 18.0 Å². The largest absolute Gasteiger partial charge is 0.393 e. The Morgan fingerprint density at radius 2 is 2.16 bits per heavy atom. The fraction of sp³-hybridized carbons (Fsp3) is 0.909. The average molecular weight is 321 g/mol. The van der Waals surface area contributed by atoms with E-state index in [0.717, 1.165) is 5.75 Å². The van der Waals surface area contributed by atoms with E-state index in [4.69, 9.17) is 5.73 Å². The number of carbonyl (C=O) groups excluding carboxylic acids is 1. The minimum Gasteiger partial charge on any atom is -0.341 e. The molecule has 1 unspecified atom stereocenters. The van der Waals surface area contributed by atoms with Crippen molar-refractivity contribution in [1.82, 2.24) is 4.90 Å². The monoisotopic (exact) mass is 320 g/mol. The molecule has 0 spiro atoms. The molecule has 1 aliphatic heterocycles. The molecule has 8 heteroatoms. The van der Waals surface area contributed by atoms with Gasteiger partial charge in [-0.2, -0.15) is 24.9 Å². The lowest BCUT2D eigenvalue weighted by atomic mass is 9.97. The first-order valence-electron chi connectivity index (χ1n) is 5.96. The summed E-state index contributed by atoms with van der Waals surface area (Å²) in [5.74, 6) is -1.01. The highest BCUT2D eigenvalue weighted by Crippen LogP contribution is 2.33. The van der Waals surface area contributed by atoms with Gasteiger partial charge in [0.2, 0.25) is 5.91 Å². The predicted octanol–water partition coefficient (Wildman–Crippen LogP) is 2.29. The van der Waals surface area contributed by atoms with E-state index in [0.29, 0.717) is 19.4 Å². The molecular weight excluding hydrogens is 301 g/mol. The van der Waals surface area contributed by atoms with Crippen molar-refractivity contribution >= 4 is 30.1 Å². The molecule has 1 rings (SSSR count). The first-order chi connectivity index (χ1) is 8.36. The van der Waals surface area contributed by atoms with Gasteiger partial charge in [0.1, 0.15) is 0 Å². The maximum atomic E-state index is 12.6. The molecule has 114 valence electrons. The number of nitrogens with two attached hydrogens (primary N) is 1. The topological polar surface area (TPSA) is 46.3 Å². The second kappa shape index (κ2) is 8.21. The van der Waals surface area contributed by atoms with Crippen LogP contribution in [0.2, 0.25) is 0 Å². The number of amides is 1. The molecule has 1 fully saturated rings. The molecule has 2 N–H and O–H groups in total. The van der Waals surface area contributed by atoms with E-state index in [1.165, 1.54) is 4.90 Å². The van der Waals surface area contributed by atoms with Gasteiger partial charge in [-0.1, -0.05) is 0 Å². The summed E-state index contributed by atoms with van der Waals surface area (Å²) in [6.07, 6.45) is -1.31. The Kier molecular flexibility index (Phi) is 8.15. The second-order valence-corrected chi connectivity index (χ2v) is 5.54. The number of alkyl halides is 3. The average Bonchev–Trinajstić information content (AvgIpc) is 2.34. The summed E-state index contributed by atoms with van der Waals surface area (Å²) >= 11 is 1.57. The Balaban J connectivity index is 0.00000324. The molecule has 0 aliphatic carbocycles. The van der Waals surface area contributed by atoms with Crippen molar-refractivity contribution in [3.8, 4) is 0 Å². The highest BCUT2D eigenvalue weighted by molar-refractivity contribution is 7.98. The van der Waals surface area contributed by atoms with Crippen molar-refractivity contribution in [2.24, 2.45) is 11.7 Å². The van der Waals surface area contributed by atoms with Crippen LogP contribution in [0.25, 0.3) is 0 Å². The van der Waals surface area contributed by atoms with Crippen LogP contribution in [0, 0.1) is 5.92 Å². The van der Waals surface area contributed by atoms with Crippen LogP contribution in [0.15, 0.2) is 0 Å². The zero-order valence-corrected chi connectivity index (χ0v) is 12.4. The van der Waals surface area contributed by atoms with E-state index >= 15 is 0 Å². The molecule has 3 nitrogen and oxygen atoms in total. The molecular formula is C11H20ClF3N2OS. The van der Waals surface area contributed by atoms with Crippen molar-refractivity contribution in [1.29, 1.82) is 0 Å². The van der Waals surface area contributed by atoms with E-state index in [1.807, 2.05) is 6.26 Å². The Labute approximate surface area is 121 Å². The maximum Gasteiger partial charge on any atom is 0.393 e. The van der Waals surface area contributed by atoms with Gasteiger partial charge in [0.15, 0.2) is 0 Å². The van der Waals surface area contributed by atoms with E-state index in [1.54, 1.807) is 11.8 Å². The van der Waals surface area contributed by atoms with Crippen LogP contribution < -0.4 is 5.73 Å². The fourth-order valence-electron chi connectivity index (χ4n) is 2.05. The smallest absolute Gasteiger partial charge is 0.341 e. The molecule has 1 amide bonds. The summed E-state index contributed by atoms with van der Waals surface area (Å²) in [6.45, 7) is 0.147. The Hall–Kier alpha value is -0.140. The van der Waals surface area contributed by atoms with Crippen LogP contribution in [-0.2, 0) is 4.79 Å². The Morgan fingerprint density at radius 3 is 2.68 bits per heavy atom. The molecule has 0 bridgehead atoms. The van der Waals surface area contributed by atoms with Crippen LogP contribution in [0.4, 0.5) is 13.2 Å². The van der Waals surface area contributed by atoms with Crippen LogP contribution in [0.3, 0.4) is 0 Å². The quantitative estimate of drug-likeness (QED) is 0.864. The summed E-state index contributed by atoms with van der Waals surface area (Å²) in [7, 11) is 0. The molecule has 2 atom stereocenters. The molecule has 1 aliphatic rings. The van der Waals surface area contributed by atoms with E-state index in [-0.39, 0.29) is 31.3 Å². The van der Waals surface area contributed by atoms with Crippen molar-refractivity contribution in [3.63, 3.8) is 0 Å². The first kappa shape index (κ1) is 18.9. The van der Waals surface area contributed by atoms with Crippen LogP contribution in [-0.4, -0.2) is 48.1 Å². The number of hydrogen-bond donors (Lipinski definition) is 1. The third-order valence-corrected chi connectivity index (χ3v) is 3.79. The SMILES string of the molecule is CSCC[C@H](N)C(=O)N1CCCC(C(F)(F)F)C1.Cl. The number of thioether (sulfide) groups is 1. The number of likely N-dealkylation sites (tertiary alicyclic amines) is 1. The van der Waals surface area contributed by atoms with Gasteiger partial charge in [-0.05, 0) is 31.3 Å². The molecule has 1 heterocycles. The van der Waals surface area contributed by atoms with Gasteiger partial charge in [0.25, 0.3) is 0 Å². The van der Waals surface area contributed by atoms with Gasteiger partial charge in [0, 0.05) is 13.1 Å². The highest BCUT2D eigenvalue weighted by Gasteiger charge is 2.43.